The fourth-order valence-electron chi connectivity index (χ4n) is 2.82. The van der Waals surface area contributed by atoms with E-state index in [4.69, 9.17) is 5.73 Å². The van der Waals surface area contributed by atoms with E-state index in [9.17, 15) is 4.79 Å². The second-order valence-electron chi connectivity index (χ2n) is 5.39. The van der Waals surface area contributed by atoms with Crippen LogP contribution in [-0.2, 0) is 0 Å². The van der Waals surface area contributed by atoms with Gasteiger partial charge in [-0.3, -0.25) is 9.69 Å². The first-order valence-electron chi connectivity index (χ1n) is 7.41. The van der Waals surface area contributed by atoms with Crippen molar-refractivity contribution in [3.8, 4) is 0 Å². The van der Waals surface area contributed by atoms with E-state index in [-0.39, 0.29) is 5.56 Å². The monoisotopic (exact) mass is 279 g/mol. The van der Waals surface area contributed by atoms with Crippen LogP contribution in [0.3, 0.4) is 0 Å². The predicted molar refractivity (Wildman–Crippen MR) is 81.1 cm³/mol. The van der Waals surface area contributed by atoms with Gasteiger partial charge in [-0.15, -0.1) is 0 Å². The number of nitrogens with one attached hydrogen (secondary N) is 1. The van der Waals surface area contributed by atoms with Gasteiger partial charge in [-0.25, -0.2) is 4.98 Å². The van der Waals surface area contributed by atoms with Gasteiger partial charge in [0.05, 0.1) is 0 Å². The molecule has 1 aromatic rings. The molecule has 1 saturated heterocycles. The van der Waals surface area contributed by atoms with Crippen molar-refractivity contribution in [2.45, 2.75) is 32.7 Å². The Bertz CT molecular complexity index is 479. The lowest BCUT2D eigenvalue weighted by molar-refractivity contribution is 0.179. The van der Waals surface area contributed by atoms with Gasteiger partial charge in [-0.2, -0.15) is 0 Å². The minimum absolute atomic E-state index is 0.0826. The van der Waals surface area contributed by atoms with E-state index in [2.05, 4.69) is 26.7 Å². The van der Waals surface area contributed by atoms with Crippen LogP contribution in [0.4, 0.5) is 5.82 Å². The van der Waals surface area contributed by atoms with E-state index in [0.717, 1.165) is 51.4 Å². The number of H-pyrrole nitrogens is 1. The Balaban J connectivity index is 1.98. The number of aromatic nitrogens is 2. The van der Waals surface area contributed by atoms with Crippen LogP contribution < -0.4 is 16.2 Å². The molecule has 0 spiro atoms. The van der Waals surface area contributed by atoms with Crippen LogP contribution in [-0.4, -0.2) is 53.6 Å². The molecule has 6 heteroatoms. The number of aryl methyl sites for hydroxylation is 1. The van der Waals surface area contributed by atoms with Crippen LogP contribution >= 0.6 is 0 Å². The zero-order valence-corrected chi connectivity index (χ0v) is 12.4. The van der Waals surface area contributed by atoms with E-state index < -0.39 is 0 Å². The zero-order chi connectivity index (χ0) is 14.5. The van der Waals surface area contributed by atoms with Crippen molar-refractivity contribution in [1.29, 1.82) is 0 Å². The molecule has 1 fully saturated rings. The van der Waals surface area contributed by atoms with E-state index in [0.29, 0.717) is 11.9 Å². The molecule has 6 nitrogen and oxygen atoms in total. The Morgan fingerprint density at radius 2 is 2.10 bits per heavy atom. The van der Waals surface area contributed by atoms with Crippen LogP contribution in [0.25, 0.3) is 0 Å². The fraction of sp³-hybridized carbons (Fsp3) is 0.714. The molecule has 3 N–H and O–H groups in total. The summed E-state index contributed by atoms with van der Waals surface area (Å²) in [7, 11) is 0. The van der Waals surface area contributed by atoms with Crippen LogP contribution in [0.15, 0.2) is 10.9 Å². The summed E-state index contributed by atoms with van der Waals surface area (Å²) in [6.45, 7) is 8.49. The SMILES string of the molecule is CCCC(CN)N1CCN(c2cc(=O)[nH]c(C)n2)CC1. The molecule has 0 saturated carbocycles. The van der Waals surface area contributed by atoms with Crippen molar-refractivity contribution in [3.05, 3.63) is 22.2 Å². The molecular formula is C14H25N5O. The first kappa shape index (κ1) is 15.0. The topological polar surface area (TPSA) is 78.2 Å². The normalized spacial score (nSPS) is 18.2. The van der Waals surface area contributed by atoms with Gasteiger partial charge in [0.2, 0.25) is 0 Å². The Labute approximate surface area is 120 Å². The summed E-state index contributed by atoms with van der Waals surface area (Å²) in [6.07, 6.45) is 2.32. The lowest BCUT2D eigenvalue weighted by Crippen LogP contribution is -2.52. The van der Waals surface area contributed by atoms with Crippen LogP contribution in [0.1, 0.15) is 25.6 Å². The van der Waals surface area contributed by atoms with Gasteiger partial charge in [-0.1, -0.05) is 13.3 Å². The standard InChI is InChI=1S/C14H25N5O/c1-3-4-12(10-15)18-5-7-19(8-6-18)13-9-14(20)17-11(2)16-13/h9,12H,3-8,10,15H2,1-2H3,(H,16,17,20). The van der Waals surface area contributed by atoms with Crippen LogP contribution in [0.5, 0.6) is 0 Å². The van der Waals surface area contributed by atoms with Gasteiger partial charge in [0.25, 0.3) is 5.56 Å². The van der Waals surface area contributed by atoms with Crippen LogP contribution in [0, 0.1) is 6.92 Å². The third-order valence-corrected chi connectivity index (χ3v) is 3.90. The van der Waals surface area contributed by atoms with E-state index >= 15 is 0 Å². The number of anilines is 1. The Hall–Kier alpha value is -1.40. The van der Waals surface area contributed by atoms with Crippen molar-refractivity contribution >= 4 is 5.82 Å². The van der Waals surface area contributed by atoms with Crippen molar-refractivity contribution < 1.29 is 0 Å². The molecule has 1 aliphatic rings. The second kappa shape index (κ2) is 6.85. The minimum Gasteiger partial charge on any atom is -0.354 e. The Morgan fingerprint density at radius 1 is 1.40 bits per heavy atom. The van der Waals surface area contributed by atoms with Crippen LogP contribution in [0.2, 0.25) is 0 Å². The van der Waals surface area contributed by atoms with Crippen molar-refractivity contribution in [1.82, 2.24) is 14.9 Å². The molecule has 0 bridgehead atoms. The van der Waals surface area contributed by atoms with Gasteiger partial charge < -0.3 is 15.6 Å². The first-order chi connectivity index (χ1) is 9.63. The van der Waals surface area contributed by atoms with E-state index in [1.807, 2.05) is 6.92 Å². The lowest BCUT2D eigenvalue weighted by Gasteiger charge is -2.39. The maximum atomic E-state index is 11.5. The predicted octanol–water partition coefficient (Wildman–Crippen LogP) is 0.328. The Kier molecular flexibility index (Phi) is 5.14. The highest BCUT2D eigenvalue weighted by Gasteiger charge is 2.23. The number of rotatable bonds is 5. The molecule has 0 aliphatic carbocycles. The fourth-order valence-corrected chi connectivity index (χ4v) is 2.82. The number of nitrogens with zero attached hydrogens (tertiary/aromatic N) is 3. The second-order valence-corrected chi connectivity index (χ2v) is 5.39. The number of piperazine rings is 1. The summed E-state index contributed by atoms with van der Waals surface area (Å²) in [5, 5.41) is 0. The summed E-state index contributed by atoms with van der Waals surface area (Å²) in [5.41, 5.74) is 5.78. The van der Waals surface area contributed by atoms with Crippen molar-refractivity contribution in [3.63, 3.8) is 0 Å². The third kappa shape index (κ3) is 3.58. The van der Waals surface area contributed by atoms with Gasteiger partial charge in [0.15, 0.2) is 0 Å². The smallest absolute Gasteiger partial charge is 0.252 e. The molecule has 0 radical (unpaired) electrons. The molecular weight excluding hydrogens is 254 g/mol. The number of hydrogen-bond acceptors (Lipinski definition) is 5. The van der Waals surface area contributed by atoms with Gasteiger partial charge >= 0.3 is 0 Å². The average Bonchev–Trinajstić information content (AvgIpc) is 2.44. The van der Waals surface area contributed by atoms with Gasteiger partial charge in [0, 0.05) is 44.8 Å². The largest absolute Gasteiger partial charge is 0.354 e. The first-order valence-corrected chi connectivity index (χ1v) is 7.41. The maximum Gasteiger partial charge on any atom is 0.252 e. The molecule has 112 valence electrons. The molecule has 1 aromatic heterocycles. The molecule has 1 unspecified atom stereocenters. The molecule has 2 rings (SSSR count). The molecule has 1 aliphatic heterocycles. The van der Waals surface area contributed by atoms with Crippen molar-refractivity contribution in [2.75, 3.05) is 37.6 Å². The maximum absolute atomic E-state index is 11.5. The lowest BCUT2D eigenvalue weighted by atomic mass is 10.1. The number of aromatic amines is 1. The highest BCUT2D eigenvalue weighted by atomic mass is 16.1. The highest BCUT2D eigenvalue weighted by Crippen LogP contribution is 2.14. The average molecular weight is 279 g/mol. The summed E-state index contributed by atoms with van der Waals surface area (Å²) in [5.74, 6) is 1.45. The highest BCUT2D eigenvalue weighted by molar-refractivity contribution is 5.38. The minimum atomic E-state index is -0.0826. The molecule has 1 atom stereocenters. The van der Waals surface area contributed by atoms with Gasteiger partial charge in [-0.05, 0) is 13.3 Å². The number of hydrogen-bond donors (Lipinski definition) is 2. The molecule has 20 heavy (non-hydrogen) atoms. The van der Waals surface area contributed by atoms with E-state index in [1.165, 1.54) is 0 Å². The number of nitrogens with two attached hydrogens (primary N) is 1. The molecule has 2 heterocycles. The third-order valence-electron chi connectivity index (χ3n) is 3.90. The summed E-state index contributed by atoms with van der Waals surface area (Å²) in [6, 6.07) is 2.06. The summed E-state index contributed by atoms with van der Waals surface area (Å²) >= 11 is 0. The van der Waals surface area contributed by atoms with Gasteiger partial charge in [0.1, 0.15) is 11.6 Å². The van der Waals surface area contributed by atoms with Crippen molar-refractivity contribution in [2.24, 2.45) is 5.73 Å². The molecule has 0 amide bonds. The summed E-state index contributed by atoms with van der Waals surface area (Å²) in [4.78, 5) is 23.2. The molecule has 0 aromatic carbocycles. The quantitative estimate of drug-likeness (QED) is 0.812. The van der Waals surface area contributed by atoms with E-state index in [1.54, 1.807) is 6.07 Å². The Morgan fingerprint density at radius 3 is 2.65 bits per heavy atom. The summed E-state index contributed by atoms with van der Waals surface area (Å²) < 4.78 is 0. The zero-order valence-electron chi connectivity index (χ0n) is 12.4.